The Kier molecular flexibility index (Phi) is 8.39. The highest BCUT2D eigenvalue weighted by Crippen LogP contribution is 2.41. The molecular formula is C22H36ClN3O3. The molecule has 0 aromatic heterocycles. The van der Waals surface area contributed by atoms with Crippen LogP contribution < -0.4 is 5.32 Å². The molecule has 1 heterocycles. The minimum Gasteiger partial charge on any atom is -0.380 e. The molecule has 0 spiro atoms. The van der Waals surface area contributed by atoms with Gasteiger partial charge in [-0.05, 0) is 30.8 Å². The predicted octanol–water partition coefficient (Wildman–Crippen LogP) is 2.41. The van der Waals surface area contributed by atoms with Crippen LogP contribution in [0.1, 0.15) is 44.9 Å². The number of rotatable bonds is 6. The molecule has 3 fully saturated rings. The molecule has 4 atom stereocenters. The van der Waals surface area contributed by atoms with E-state index < -0.39 is 0 Å². The molecule has 0 bridgehead atoms. The number of halogens is 1. The first-order valence-electron chi connectivity index (χ1n) is 11.1. The number of alkyl halides is 1. The summed E-state index contributed by atoms with van der Waals surface area (Å²) < 4.78 is 5.71. The Balaban J connectivity index is 1.50. The molecule has 1 saturated heterocycles. The number of ether oxygens (including phenoxy) is 1. The third-order valence-electron chi connectivity index (χ3n) is 7.09. The Bertz CT molecular complexity index is 574. The van der Waals surface area contributed by atoms with Gasteiger partial charge in [-0.3, -0.25) is 9.59 Å². The highest BCUT2D eigenvalue weighted by atomic mass is 35.5. The van der Waals surface area contributed by atoms with Crippen LogP contribution in [0, 0.1) is 11.8 Å². The highest BCUT2D eigenvalue weighted by Gasteiger charge is 2.40. The number of methoxy groups -OCH3 is 1. The molecule has 6 nitrogen and oxygen atoms in total. The maximum absolute atomic E-state index is 12.7. The van der Waals surface area contributed by atoms with E-state index in [9.17, 15) is 9.59 Å². The van der Waals surface area contributed by atoms with Crippen molar-refractivity contribution in [2.24, 2.45) is 11.8 Å². The average Bonchev–Trinajstić information content (AvgIpc) is 2.77. The van der Waals surface area contributed by atoms with E-state index in [1.54, 1.807) is 12.0 Å². The van der Waals surface area contributed by atoms with E-state index in [2.05, 4.69) is 11.9 Å². The normalized spacial score (nSPS) is 31.5. The minimum absolute atomic E-state index is 0.0483. The van der Waals surface area contributed by atoms with Crippen LogP contribution >= 0.6 is 11.6 Å². The second-order valence-corrected chi connectivity index (χ2v) is 9.28. The fourth-order valence-electron chi connectivity index (χ4n) is 5.31. The second kappa shape index (κ2) is 10.8. The van der Waals surface area contributed by atoms with Crippen molar-refractivity contribution in [3.05, 3.63) is 12.7 Å². The summed E-state index contributed by atoms with van der Waals surface area (Å²) in [5.41, 5.74) is 0. The predicted molar refractivity (Wildman–Crippen MR) is 115 cm³/mol. The third-order valence-corrected chi connectivity index (χ3v) is 7.59. The van der Waals surface area contributed by atoms with Gasteiger partial charge in [0.05, 0.1) is 12.6 Å². The standard InChI is InChI=1S/C22H36ClN3O3/c1-3-21(27)25-9-11-26(12-10-25)22(28)15-24-19-13-17(16-7-5-4-6-8-16)18(23)14-20(19)29-2/h3,16-20,24H,1,4-15H2,2H3. The van der Waals surface area contributed by atoms with E-state index >= 15 is 0 Å². The molecular weight excluding hydrogens is 390 g/mol. The first-order chi connectivity index (χ1) is 14.0. The zero-order valence-corrected chi connectivity index (χ0v) is 18.4. The summed E-state index contributed by atoms with van der Waals surface area (Å²) in [5, 5.41) is 3.64. The molecule has 0 radical (unpaired) electrons. The van der Waals surface area contributed by atoms with Crippen LogP contribution in [0.25, 0.3) is 0 Å². The summed E-state index contributed by atoms with van der Waals surface area (Å²) in [6, 6.07) is 0.162. The monoisotopic (exact) mass is 425 g/mol. The van der Waals surface area contributed by atoms with Gasteiger partial charge in [0.1, 0.15) is 0 Å². The van der Waals surface area contributed by atoms with Crippen molar-refractivity contribution in [3.63, 3.8) is 0 Å². The molecule has 2 amide bonds. The Morgan fingerprint density at radius 2 is 1.76 bits per heavy atom. The molecule has 1 aliphatic heterocycles. The van der Waals surface area contributed by atoms with E-state index in [1.165, 1.54) is 38.2 Å². The summed E-state index contributed by atoms with van der Waals surface area (Å²) in [4.78, 5) is 28.0. The van der Waals surface area contributed by atoms with Gasteiger partial charge in [-0.25, -0.2) is 0 Å². The van der Waals surface area contributed by atoms with Crippen molar-refractivity contribution >= 4 is 23.4 Å². The summed E-state index contributed by atoms with van der Waals surface area (Å²) in [6.07, 6.45) is 9.74. The second-order valence-electron chi connectivity index (χ2n) is 8.72. The Morgan fingerprint density at radius 1 is 1.10 bits per heavy atom. The maximum Gasteiger partial charge on any atom is 0.246 e. The van der Waals surface area contributed by atoms with Gasteiger partial charge in [0.15, 0.2) is 0 Å². The van der Waals surface area contributed by atoms with Gasteiger partial charge < -0.3 is 19.9 Å². The lowest BCUT2D eigenvalue weighted by Gasteiger charge is -2.43. The van der Waals surface area contributed by atoms with Gasteiger partial charge >= 0.3 is 0 Å². The molecule has 1 N–H and O–H groups in total. The summed E-state index contributed by atoms with van der Waals surface area (Å²) in [6.45, 7) is 6.13. The number of piperazine rings is 1. The molecule has 29 heavy (non-hydrogen) atoms. The van der Waals surface area contributed by atoms with E-state index in [0.717, 1.165) is 12.8 Å². The van der Waals surface area contributed by atoms with Gasteiger partial charge in [-0.1, -0.05) is 38.7 Å². The number of amides is 2. The number of nitrogens with zero attached hydrogens (tertiary/aromatic N) is 2. The van der Waals surface area contributed by atoms with Crippen molar-refractivity contribution in [3.8, 4) is 0 Å². The van der Waals surface area contributed by atoms with Crippen molar-refractivity contribution in [2.45, 2.75) is 62.5 Å². The molecule has 0 aromatic carbocycles. The highest BCUT2D eigenvalue weighted by molar-refractivity contribution is 6.20. The molecule has 7 heteroatoms. The Morgan fingerprint density at radius 3 is 2.38 bits per heavy atom. The quantitative estimate of drug-likeness (QED) is 0.524. The van der Waals surface area contributed by atoms with Gasteiger partial charge in [0.2, 0.25) is 11.8 Å². The first-order valence-corrected chi connectivity index (χ1v) is 11.6. The number of carbonyl (C=O) groups excluding carboxylic acids is 2. The number of nitrogens with one attached hydrogen (secondary N) is 1. The molecule has 2 aliphatic carbocycles. The molecule has 3 rings (SSSR count). The third kappa shape index (κ3) is 5.74. The van der Waals surface area contributed by atoms with E-state index in [0.29, 0.717) is 44.6 Å². The van der Waals surface area contributed by atoms with E-state index in [-0.39, 0.29) is 29.3 Å². The molecule has 164 valence electrons. The summed E-state index contributed by atoms with van der Waals surface area (Å²) in [7, 11) is 1.74. The van der Waals surface area contributed by atoms with Crippen LogP contribution in [0.2, 0.25) is 0 Å². The molecule has 0 aromatic rings. The first kappa shape index (κ1) is 22.6. The van der Waals surface area contributed by atoms with Crippen molar-refractivity contribution < 1.29 is 14.3 Å². The lowest BCUT2D eigenvalue weighted by atomic mass is 9.71. The topological polar surface area (TPSA) is 61.9 Å². The van der Waals surface area contributed by atoms with E-state index in [1.807, 2.05) is 4.90 Å². The zero-order valence-electron chi connectivity index (χ0n) is 17.7. The smallest absolute Gasteiger partial charge is 0.246 e. The largest absolute Gasteiger partial charge is 0.380 e. The lowest BCUT2D eigenvalue weighted by Crippen LogP contribution is -2.55. The van der Waals surface area contributed by atoms with Crippen LogP contribution in [-0.4, -0.2) is 79.0 Å². The van der Waals surface area contributed by atoms with Gasteiger partial charge in [-0.2, -0.15) is 0 Å². The summed E-state index contributed by atoms with van der Waals surface area (Å²) in [5.74, 6) is 1.24. The number of hydrogen-bond acceptors (Lipinski definition) is 4. The van der Waals surface area contributed by atoms with Crippen molar-refractivity contribution in [1.82, 2.24) is 15.1 Å². The fourth-order valence-corrected chi connectivity index (χ4v) is 5.80. The Labute approximate surface area is 180 Å². The van der Waals surface area contributed by atoms with E-state index in [4.69, 9.17) is 16.3 Å². The van der Waals surface area contributed by atoms with Gasteiger partial charge in [-0.15, -0.1) is 11.6 Å². The van der Waals surface area contributed by atoms with Gasteiger partial charge in [0, 0.05) is 44.7 Å². The number of carbonyl (C=O) groups is 2. The van der Waals surface area contributed by atoms with Crippen LogP contribution in [-0.2, 0) is 14.3 Å². The SMILES string of the molecule is C=CC(=O)N1CCN(C(=O)CNC2CC(C3CCCCC3)C(Cl)CC2OC)CC1. The van der Waals surface area contributed by atoms with Crippen molar-refractivity contribution in [2.75, 3.05) is 39.8 Å². The van der Waals surface area contributed by atoms with Crippen LogP contribution in [0.4, 0.5) is 0 Å². The van der Waals surface area contributed by atoms with Crippen molar-refractivity contribution in [1.29, 1.82) is 0 Å². The maximum atomic E-state index is 12.7. The average molecular weight is 426 g/mol. The molecule has 2 saturated carbocycles. The van der Waals surface area contributed by atoms with Crippen LogP contribution in [0.15, 0.2) is 12.7 Å². The minimum atomic E-state index is -0.0650. The van der Waals surface area contributed by atoms with Crippen LogP contribution in [0.5, 0.6) is 0 Å². The fraction of sp³-hybridized carbons (Fsp3) is 0.818. The van der Waals surface area contributed by atoms with Crippen LogP contribution in [0.3, 0.4) is 0 Å². The zero-order chi connectivity index (χ0) is 20.8. The number of hydrogen-bond donors (Lipinski definition) is 1. The lowest BCUT2D eigenvalue weighted by molar-refractivity contribution is -0.136. The van der Waals surface area contributed by atoms with Gasteiger partial charge in [0.25, 0.3) is 0 Å². The summed E-state index contributed by atoms with van der Waals surface area (Å²) >= 11 is 6.77. The molecule has 4 unspecified atom stereocenters. The Hall–Kier alpha value is -1.11. The molecule has 3 aliphatic rings.